The van der Waals surface area contributed by atoms with Gasteiger partial charge in [-0.15, -0.1) is 0 Å². The Morgan fingerprint density at radius 1 is 1.20 bits per heavy atom. The number of aliphatic imine (C=N–C) groups is 1. The molecule has 20 heavy (non-hydrogen) atoms. The first-order valence-electron chi connectivity index (χ1n) is 7.18. The van der Waals surface area contributed by atoms with Gasteiger partial charge >= 0.3 is 0 Å². The van der Waals surface area contributed by atoms with Gasteiger partial charge in [0.15, 0.2) is 5.96 Å². The number of hydrogen-bond acceptors (Lipinski definition) is 2. The van der Waals surface area contributed by atoms with Crippen molar-refractivity contribution in [3.05, 3.63) is 35.9 Å². The number of thioether (sulfide) groups is 1. The first-order valence-corrected chi connectivity index (χ1v) is 8.41. The zero-order valence-electron chi connectivity index (χ0n) is 13.1. The summed E-state index contributed by atoms with van der Waals surface area (Å²) in [5.41, 5.74) is 1.35. The van der Waals surface area contributed by atoms with E-state index in [0.717, 1.165) is 32.0 Å². The molecular weight excluding hydrogens is 266 g/mol. The topological polar surface area (TPSA) is 36.4 Å². The molecule has 1 rings (SSSR count). The van der Waals surface area contributed by atoms with Crippen molar-refractivity contribution in [1.29, 1.82) is 0 Å². The van der Waals surface area contributed by atoms with Gasteiger partial charge in [0.05, 0.1) is 6.54 Å². The minimum Gasteiger partial charge on any atom is -0.357 e. The molecule has 0 heterocycles. The summed E-state index contributed by atoms with van der Waals surface area (Å²) in [5, 5.41) is 6.69. The molecule has 0 saturated heterocycles. The normalized spacial score (nSPS) is 12.3. The molecule has 0 radical (unpaired) electrons. The number of nitrogens with one attached hydrogen (secondary N) is 2. The molecule has 0 spiro atoms. The summed E-state index contributed by atoms with van der Waals surface area (Å²) in [6, 6.07) is 10.5. The van der Waals surface area contributed by atoms with Gasteiger partial charge in [0.1, 0.15) is 0 Å². The molecule has 0 aliphatic carbocycles. The molecule has 0 bridgehead atoms. The van der Waals surface area contributed by atoms with Gasteiger partial charge in [0, 0.05) is 17.8 Å². The lowest BCUT2D eigenvalue weighted by atomic mass is 10.1. The van der Waals surface area contributed by atoms with Crippen LogP contribution < -0.4 is 10.6 Å². The van der Waals surface area contributed by atoms with Crippen molar-refractivity contribution in [2.75, 3.05) is 25.9 Å². The van der Waals surface area contributed by atoms with Crippen molar-refractivity contribution in [1.82, 2.24) is 10.6 Å². The summed E-state index contributed by atoms with van der Waals surface area (Å²) in [7, 11) is 0. The Bertz CT molecular complexity index is 401. The summed E-state index contributed by atoms with van der Waals surface area (Å²) in [6.45, 7) is 9.12. The van der Waals surface area contributed by atoms with Gasteiger partial charge in [-0.2, -0.15) is 11.8 Å². The Balaban J connectivity index is 2.44. The largest absolute Gasteiger partial charge is 0.357 e. The van der Waals surface area contributed by atoms with Gasteiger partial charge in [-0.3, -0.25) is 4.99 Å². The molecule has 3 nitrogen and oxygen atoms in total. The number of rotatable bonds is 7. The van der Waals surface area contributed by atoms with Crippen LogP contribution in [0.3, 0.4) is 0 Å². The fourth-order valence-corrected chi connectivity index (χ4v) is 1.84. The lowest BCUT2D eigenvalue weighted by Gasteiger charge is -2.20. The Morgan fingerprint density at radius 2 is 1.90 bits per heavy atom. The molecule has 0 unspecified atom stereocenters. The van der Waals surface area contributed by atoms with E-state index in [1.54, 1.807) is 0 Å². The van der Waals surface area contributed by atoms with E-state index in [1.807, 2.05) is 17.8 Å². The Morgan fingerprint density at radius 3 is 2.50 bits per heavy atom. The number of benzene rings is 1. The third-order valence-electron chi connectivity index (χ3n) is 3.06. The lowest BCUT2D eigenvalue weighted by molar-refractivity contribution is 0.710. The van der Waals surface area contributed by atoms with Crippen LogP contribution in [-0.2, 0) is 6.42 Å². The van der Waals surface area contributed by atoms with Crippen molar-refractivity contribution in [2.24, 2.45) is 4.99 Å². The highest BCUT2D eigenvalue weighted by Crippen LogP contribution is 2.20. The minimum absolute atomic E-state index is 0.182. The molecule has 1 aromatic carbocycles. The monoisotopic (exact) mass is 293 g/mol. The third kappa shape index (κ3) is 6.85. The van der Waals surface area contributed by atoms with Crippen LogP contribution in [0.15, 0.2) is 35.3 Å². The van der Waals surface area contributed by atoms with E-state index in [-0.39, 0.29) is 4.75 Å². The van der Waals surface area contributed by atoms with Crippen molar-refractivity contribution < 1.29 is 0 Å². The van der Waals surface area contributed by atoms with Gasteiger partial charge < -0.3 is 10.6 Å². The number of guanidine groups is 1. The summed E-state index contributed by atoms with van der Waals surface area (Å²) < 4.78 is 0.182. The van der Waals surface area contributed by atoms with Crippen LogP contribution in [0, 0.1) is 0 Å². The molecular formula is C16H27N3S. The number of hydrogen-bond donors (Lipinski definition) is 2. The van der Waals surface area contributed by atoms with E-state index in [1.165, 1.54) is 5.56 Å². The van der Waals surface area contributed by atoms with Crippen LogP contribution in [-0.4, -0.2) is 36.6 Å². The van der Waals surface area contributed by atoms with Gasteiger partial charge in [-0.05, 0) is 39.0 Å². The molecule has 0 aliphatic rings. The van der Waals surface area contributed by atoms with E-state index in [2.05, 4.69) is 66.9 Å². The van der Waals surface area contributed by atoms with E-state index in [9.17, 15) is 0 Å². The average molecular weight is 293 g/mol. The highest BCUT2D eigenvalue weighted by molar-refractivity contribution is 7.99. The lowest BCUT2D eigenvalue weighted by Crippen LogP contribution is -2.39. The molecule has 4 heteroatoms. The van der Waals surface area contributed by atoms with Crippen LogP contribution in [0.5, 0.6) is 0 Å². The van der Waals surface area contributed by atoms with Crippen LogP contribution in [0.1, 0.15) is 26.3 Å². The van der Waals surface area contributed by atoms with E-state index < -0.39 is 0 Å². The highest BCUT2D eigenvalue weighted by Gasteiger charge is 2.15. The fourth-order valence-electron chi connectivity index (χ4n) is 1.65. The van der Waals surface area contributed by atoms with Crippen LogP contribution in [0.25, 0.3) is 0 Å². The SMILES string of the molecule is CCNC(=NCC(C)(C)SC)NCCc1ccccc1. The molecule has 0 amide bonds. The molecule has 112 valence electrons. The van der Waals surface area contributed by atoms with Gasteiger partial charge in [0.2, 0.25) is 0 Å². The second-order valence-corrected chi connectivity index (χ2v) is 6.83. The second kappa shape index (κ2) is 8.90. The first kappa shape index (κ1) is 16.9. The molecule has 2 N–H and O–H groups in total. The summed E-state index contributed by atoms with van der Waals surface area (Å²) in [6.07, 6.45) is 3.14. The molecule has 1 aromatic rings. The maximum Gasteiger partial charge on any atom is 0.191 e. The standard InChI is InChI=1S/C16H27N3S/c1-5-17-15(19-13-16(2,3)20-4)18-12-11-14-9-7-6-8-10-14/h6-10H,5,11-13H2,1-4H3,(H2,17,18,19). The van der Waals surface area contributed by atoms with E-state index in [0.29, 0.717) is 0 Å². The number of nitrogens with zero attached hydrogens (tertiary/aromatic N) is 1. The molecule has 0 atom stereocenters. The predicted molar refractivity (Wildman–Crippen MR) is 91.7 cm³/mol. The van der Waals surface area contributed by atoms with Crippen molar-refractivity contribution in [3.8, 4) is 0 Å². The maximum absolute atomic E-state index is 4.66. The molecule has 0 aliphatic heterocycles. The van der Waals surface area contributed by atoms with Gasteiger partial charge in [0.25, 0.3) is 0 Å². The average Bonchev–Trinajstić information content (AvgIpc) is 2.46. The van der Waals surface area contributed by atoms with Crippen molar-refractivity contribution >= 4 is 17.7 Å². The molecule has 0 aromatic heterocycles. The fraction of sp³-hybridized carbons (Fsp3) is 0.562. The van der Waals surface area contributed by atoms with E-state index in [4.69, 9.17) is 0 Å². The third-order valence-corrected chi connectivity index (χ3v) is 4.30. The van der Waals surface area contributed by atoms with Gasteiger partial charge in [-0.25, -0.2) is 0 Å². The van der Waals surface area contributed by atoms with E-state index >= 15 is 0 Å². The first-order chi connectivity index (χ1) is 9.57. The second-order valence-electron chi connectivity index (χ2n) is 5.32. The van der Waals surface area contributed by atoms with Crippen molar-refractivity contribution in [3.63, 3.8) is 0 Å². The molecule has 0 fully saturated rings. The summed E-state index contributed by atoms with van der Waals surface area (Å²) in [4.78, 5) is 4.66. The Kier molecular flexibility index (Phi) is 7.52. The highest BCUT2D eigenvalue weighted by atomic mass is 32.2. The van der Waals surface area contributed by atoms with Gasteiger partial charge in [-0.1, -0.05) is 30.3 Å². The smallest absolute Gasteiger partial charge is 0.191 e. The predicted octanol–water partition coefficient (Wildman–Crippen LogP) is 2.93. The quantitative estimate of drug-likeness (QED) is 0.599. The van der Waals surface area contributed by atoms with Crippen LogP contribution in [0.4, 0.5) is 0 Å². The zero-order chi connectivity index (χ0) is 14.8. The van der Waals surface area contributed by atoms with Crippen LogP contribution >= 0.6 is 11.8 Å². The Labute approximate surface area is 127 Å². The van der Waals surface area contributed by atoms with Crippen molar-refractivity contribution in [2.45, 2.75) is 31.9 Å². The zero-order valence-corrected chi connectivity index (χ0v) is 13.9. The summed E-state index contributed by atoms with van der Waals surface area (Å²) >= 11 is 1.85. The maximum atomic E-state index is 4.66. The summed E-state index contributed by atoms with van der Waals surface area (Å²) in [5.74, 6) is 0.908. The Hall–Kier alpha value is -1.16. The molecule has 0 saturated carbocycles. The minimum atomic E-state index is 0.182. The van der Waals surface area contributed by atoms with Crippen LogP contribution in [0.2, 0.25) is 0 Å².